The van der Waals surface area contributed by atoms with Gasteiger partial charge in [-0.25, -0.2) is 8.42 Å². The van der Waals surface area contributed by atoms with Crippen molar-refractivity contribution in [2.45, 2.75) is 30.9 Å². The summed E-state index contributed by atoms with van der Waals surface area (Å²) in [5.41, 5.74) is 2.01. The Balaban J connectivity index is 1.93. The number of amides is 1. The molecule has 1 aliphatic heterocycles. The van der Waals surface area contributed by atoms with E-state index in [-0.39, 0.29) is 10.8 Å². The zero-order valence-corrected chi connectivity index (χ0v) is 17.7. The Morgan fingerprint density at radius 3 is 2.33 bits per heavy atom. The zero-order chi connectivity index (χ0) is 21.9. The van der Waals surface area contributed by atoms with Crippen LogP contribution in [0.15, 0.2) is 65.1 Å². The van der Waals surface area contributed by atoms with Gasteiger partial charge in [0.25, 0.3) is 10.0 Å². The lowest BCUT2D eigenvalue weighted by Crippen LogP contribution is -2.45. The smallest absolute Gasteiger partial charge is 0.265 e. The minimum Gasteiger partial charge on any atom is -0.497 e. The van der Waals surface area contributed by atoms with Gasteiger partial charge in [0, 0.05) is 12.6 Å². The number of aliphatic hydroxyl groups is 1. The van der Waals surface area contributed by atoms with E-state index in [9.17, 15) is 18.3 Å². The van der Waals surface area contributed by atoms with E-state index in [1.807, 2.05) is 6.92 Å². The van der Waals surface area contributed by atoms with Crippen LogP contribution in [0.2, 0.25) is 0 Å². The van der Waals surface area contributed by atoms with Gasteiger partial charge in [0.15, 0.2) is 0 Å². The number of aliphatic hydroxyl groups excluding tert-OH is 1. The van der Waals surface area contributed by atoms with E-state index >= 15 is 0 Å². The Labute approximate surface area is 175 Å². The summed E-state index contributed by atoms with van der Waals surface area (Å²) >= 11 is 0. The number of sulfonamides is 1. The Morgan fingerprint density at radius 1 is 1.17 bits per heavy atom. The maximum atomic E-state index is 13.2. The van der Waals surface area contributed by atoms with Crippen molar-refractivity contribution in [1.29, 1.82) is 0 Å². The van der Waals surface area contributed by atoms with Crippen LogP contribution in [0.4, 0.5) is 5.69 Å². The first kappa shape index (κ1) is 22.0. The molecule has 160 valence electrons. The summed E-state index contributed by atoms with van der Waals surface area (Å²) in [5, 5.41) is 12.4. The normalized spacial score (nSPS) is 19.8. The molecule has 1 aliphatic rings. The van der Waals surface area contributed by atoms with E-state index in [1.165, 1.54) is 31.2 Å². The van der Waals surface area contributed by atoms with Gasteiger partial charge in [-0.2, -0.15) is 0 Å². The highest BCUT2D eigenvalue weighted by Gasteiger charge is 2.38. The molecule has 9 heteroatoms. The minimum absolute atomic E-state index is 0.0171. The van der Waals surface area contributed by atoms with Gasteiger partial charge in [-0.05, 0) is 54.5 Å². The zero-order valence-electron chi connectivity index (χ0n) is 16.9. The monoisotopic (exact) mass is 432 g/mol. The van der Waals surface area contributed by atoms with Crippen LogP contribution in [0.1, 0.15) is 25.5 Å². The highest BCUT2D eigenvalue weighted by Crippen LogP contribution is 2.36. The van der Waals surface area contributed by atoms with Crippen molar-refractivity contribution in [1.82, 2.24) is 4.47 Å². The van der Waals surface area contributed by atoms with Crippen molar-refractivity contribution in [2.24, 2.45) is 0 Å². The molecule has 8 nitrogen and oxygen atoms in total. The molecule has 0 spiro atoms. The third-order valence-corrected chi connectivity index (χ3v) is 6.36. The molecule has 2 aromatic rings. The van der Waals surface area contributed by atoms with E-state index in [0.29, 0.717) is 11.4 Å². The number of carbonyl (C=O) groups is 1. The fourth-order valence-corrected chi connectivity index (χ4v) is 4.56. The molecule has 30 heavy (non-hydrogen) atoms. The molecular weight excluding hydrogens is 408 g/mol. The second kappa shape index (κ2) is 8.97. The van der Waals surface area contributed by atoms with Gasteiger partial charge < -0.3 is 15.2 Å². The molecule has 1 heterocycles. The lowest BCUT2D eigenvalue weighted by molar-refractivity contribution is -0.153. The number of hydrogen-bond donors (Lipinski definition) is 2. The van der Waals surface area contributed by atoms with Gasteiger partial charge in [-0.3, -0.25) is 9.63 Å². The molecule has 0 saturated heterocycles. The average Bonchev–Trinajstić information content (AvgIpc) is 2.73. The molecule has 2 atom stereocenters. The van der Waals surface area contributed by atoms with Gasteiger partial charge in [-0.15, -0.1) is 0 Å². The first-order valence-corrected chi connectivity index (χ1v) is 10.7. The average molecular weight is 432 g/mol. The van der Waals surface area contributed by atoms with Crippen LogP contribution in [0, 0.1) is 0 Å². The molecule has 0 fully saturated rings. The summed E-state index contributed by atoms with van der Waals surface area (Å²) in [7, 11) is -2.51. The van der Waals surface area contributed by atoms with Crippen LogP contribution in [0.3, 0.4) is 0 Å². The van der Waals surface area contributed by atoms with Gasteiger partial charge in [0.05, 0.1) is 24.7 Å². The molecule has 0 saturated carbocycles. The molecular formula is C21H24N2O6S. The highest BCUT2D eigenvalue weighted by molar-refractivity contribution is 7.89. The second-order valence-corrected chi connectivity index (χ2v) is 8.67. The lowest BCUT2D eigenvalue weighted by atomic mass is 10.00. The quantitative estimate of drug-likeness (QED) is 0.680. The number of anilines is 1. The van der Waals surface area contributed by atoms with Crippen molar-refractivity contribution >= 4 is 21.6 Å². The van der Waals surface area contributed by atoms with Crippen LogP contribution in [0.5, 0.6) is 5.75 Å². The van der Waals surface area contributed by atoms with Crippen molar-refractivity contribution < 1.29 is 27.9 Å². The lowest BCUT2D eigenvalue weighted by Gasteiger charge is -2.36. The SMILES string of the molecule is COc1ccc(C2ON(S(=O)(=O)c3ccc(NC(C)=O)cc3)C(CO)C=C2C)cc1. The molecule has 2 aromatic carbocycles. The molecule has 0 bridgehead atoms. The van der Waals surface area contributed by atoms with Gasteiger partial charge in [0.1, 0.15) is 11.9 Å². The Hall–Kier alpha value is -2.72. The fraction of sp³-hybridized carbons (Fsp3) is 0.286. The van der Waals surface area contributed by atoms with E-state index in [4.69, 9.17) is 9.57 Å². The van der Waals surface area contributed by atoms with Gasteiger partial charge in [0.2, 0.25) is 5.91 Å². The van der Waals surface area contributed by atoms with Crippen molar-refractivity contribution in [3.05, 3.63) is 65.7 Å². The Kier molecular flexibility index (Phi) is 6.57. The third-order valence-electron chi connectivity index (χ3n) is 4.66. The summed E-state index contributed by atoms with van der Waals surface area (Å²) in [6.45, 7) is 2.76. The standard InChI is InChI=1S/C21H24N2O6S/c1-14-12-18(13-24)23(29-21(14)16-4-8-19(28-3)9-5-16)30(26,27)20-10-6-17(7-11-20)22-15(2)25/h4-12,18,21,24H,13H2,1-3H3,(H,22,25). The Morgan fingerprint density at radius 2 is 1.80 bits per heavy atom. The summed E-state index contributed by atoms with van der Waals surface area (Å²) < 4.78 is 32.5. The number of hydroxylamine groups is 1. The first-order valence-electron chi connectivity index (χ1n) is 9.28. The van der Waals surface area contributed by atoms with Crippen LogP contribution in [-0.4, -0.2) is 43.7 Å². The van der Waals surface area contributed by atoms with Crippen LogP contribution in [-0.2, 0) is 19.7 Å². The number of nitrogens with one attached hydrogen (secondary N) is 1. The molecule has 0 aliphatic carbocycles. The van der Waals surface area contributed by atoms with Crippen LogP contribution < -0.4 is 10.1 Å². The van der Waals surface area contributed by atoms with Crippen molar-refractivity contribution in [2.75, 3.05) is 19.0 Å². The fourth-order valence-electron chi connectivity index (χ4n) is 3.19. The largest absolute Gasteiger partial charge is 0.497 e. The third kappa shape index (κ3) is 4.54. The number of methoxy groups -OCH3 is 1. The minimum atomic E-state index is -4.08. The summed E-state index contributed by atoms with van der Waals surface area (Å²) in [6, 6.07) is 12.0. The molecule has 1 amide bonds. The number of ether oxygens (including phenoxy) is 1. The molecule has 2 unspecified atom stereocenters. The highest BCUT2D eigenvalue weighted by atomic mass is 32.2. The summed E-state index contributed by atoms with van der Waals surface area (Å²) in [5.74, 6) is 0.418. The van der Waals surface area contributed by atoms with E-state index < -0.39 is 28.8 Å². The van der Waals surface area contributed by atoms with E-state index in [2.05, 4.69) is 5.32 Å². The molecule has 0 aromatic heterocycles. The number of benzene rings is 2. The topological polar surface area (TPSA) is 105 Å². The van der Waals surface area contributed by atoms with E-state index in [0.717, 1.165) is 15.6 Å². The van der Waals surface area contributed by atoms with Gasteiger partial charge >= 0.3 is 0 Å². The number of hydrogen-bond acceptors (Lipinski definition) is 6. The number of rotatable bonds is 6. The number of carbonyl (C=O) groups excluding carboxylic acids is 1. The Bertz CT molecular complexity index is 1030. The van der Waals surface area contributed by atoms with Gasteiger partial charge in [-0.1, -0.05) is 22.7 Å². The first-order chi connectivity index (χ1) is 14.3. The second-order valence-electron chi connectivity index (χ2n) is 6.89. The number of nitrogens with zero attached hydrogens (tertiary/aromatic N) is 1. The predicted molar refractivity (Wildman–Crippen MR) is 111 cm³/mol. The molecule has 3 rings (SSSR count). The molecule has 2 N–H and O–H groups in total. The van der Waals surface area contributed by atoms with Crippen LogP contribution in [0.25, 0.3) is 0 Å². The van der Waals surface area contributed by atoms with Crippen molar-refractivity contribution in [3.63, 3.8) is 0 Å². The van der Waals surface area contributed by atoms with Crippen LogP contribution >= 0.6 is 0 Å². The summed E-state index contributed by atoms with van der Waals surface area (Å²) in [6.07, 6.45) is 1.05. The molecule has 0 radical (unpaired) electrons. The summed E-state index contributed by atoms with van der Waals surface area (Å²) in [4.78, 5) is 17.0. The van der Waals surface area contributed by atoms with E-state index in [1.54, 1.807) is 37.5 Å². The van der Waals surface area contributed by atoms with Crippen molar-refractivity contribution in [3.8, 4) is 5.75 Å². The predicted octanol–water partition coefficient (Wildman–Crippen LogP) is 2.64. The maximum absolute atomic E-state index is 13.2. The maximum Gasteiger partial charge on any atom is 0.265 e.